The summed E-state index contributed by atoms with van der Waals surface area (Å²) in [5.41, 5.74) is 27.9. The van der Waals surface area contributed by atoms with Crippen LogP contribution in [0.1, 0.15) is 211 Å². The number of benzene rings is 13. The number of rotatable bonds is 14. The molecular formula is C106H118N4. The summed E-state index contributed by atoms with van der Waals surface area (Å²) < 4.78 is 0. The Morgan fingerprint density at radius 2 is 0.264 bits per heavy atom. The smallest absolute Gasteiger partial charge is 0.0468 e. The molecule has 0 radical (unpaired) electrons. The van der Waals surface area contributed by atoms with E-state index in [9.17, 15) is 0 Å². The van der Waals surface area contributed by atoms with E-state index in [-0.39, 0.29) is 43.3 Å². The first-order chi connectivity index (χ1) is 51.6. The van der Waals surface area contributed by atoms with Crippen molar-refractivity contribution in [3.05, 3.63) is 324 Å². The van der Waals surface area contributed by atoms with Crippen molar-refractivity contribution in [3.8, 4) is 22.3 Å². The van der Waals surface area contributed by atoms with Crippen LogP contribution in [0.4, 0.5) is 68.2 Å². The predicted octanol–water partition coefficient (Wildman–Crippen LogP) is 31.6. The topological polar surface area (TPSA) is 13.0 Å². The Morgan fingerprint density at radius 1 is 0.136 bits per heavy atom. The minimum atomic E-state index is -0.0239. The fourth-order valence-corrected chi connectivity index (χ4v) is 15.3. The van der Waals surface area contributed by atoms with Crippen LogP contribution in [0.2, 0.25) is 0 Å². The van der Waals surface area contributed by atoms with Crippen LogP contribution in [0.3, 0.4) is 0 Å². The normalized spacial score (nSPS) is 12.7. The van der Waals surface area contributed by atoms with E-state index in [0.717, 1.165) is 112 Å². The first-order valence-electron chi connectivity index (χ1n) is 39.9. The summed E-state index contributed by atoms with van der Waals surface area (Å²) in [6.07, 6.45) is 0. The number of hydrogen-bond donors (Lipinski definition) is 0. The highest BCUT2D eigenvalue weighted by Gasteiger charge is 2.28. The summed E-state index contributed by atoms with van der Waals surface area (Å²) in [6.45, 7) is 55.1. The number of anilines is 12. The summed E-state index contributed by atoms with van der Waals surface area (Å²) in [5, 5.41) is 4.60. The van der Waals surface area contributed by atoms with Crippen molar-refractivity contribution in [2.45, 2.75) is 209 Å². The van der Waals surface area contributed by atoms with Gasteiger partial charge in [0.1, 0.15) is 0 Å². The highest BCUT2D eigenvalue weighted by molar-refractivity contribution is 6.23. The van der Waals surface area contributed by atoms with Gasteiger partial charge in [0.15, 0.2) is 0 Å². The third kappa shape index (κ3) is 16.4. The molecule has 0 spiro atoms. The zero-order valence-corrected chi connectivity index (χ0v) is 70.3. The lowest BCUT2D eigenvalue weighted by molar-refractivity contribution is 0.590. The van der Waals surface area contributed by atoms with Crippen LogP contribution in [0.15, 0.2) is 279 Å². The third-order valence-electron chi connectivity index (χ3n) is 22.4. The fraction of sp³-hybridized carbons (Fsp3) is 0.302. The molecule has 0 amide bonds. The summed E-state index contributed by atoms with van der Waals surface area (Å²) in [4.78, 5) is 9.77. The minimum Gasteiger partial charge on any atom is -0.311 e. The van der Waals surface area contributed by atoms with Crippen molar-refractivity contribution in [1.82, 2.24) is 0 Å². The largest absolute Gasteiger partial charge is 0.311 e. The van der Waals surface area contributed by atoms with Crippen molar-refractivity contribution in [2.24, 2.45) is 0 Å². The molecule has 0 heterocycles. The fourth-order valence-electron chi connectivity index (χ4n) is 15.3. The van der Waals surface area contributed by atoms with Crippen molar-refractivity contribution < 1.29 is 0 Å². The number of hydrogen-bond acceptors (Lipinski definition) is 4. The van der Waals surface area contributed by atoms with Gasteiger partial charge in [-0.2, -0.15) is 0 Å². The van der Waals surface area contributed by atoms with Gasteiger partial charge in [0, 0.05) is 68.2 Å². The molecule has 0 fully saturated rings. The molecular weight excluding hydrogens is 1330 g/mol. The standard InChI is InChI=1S/C106H118N4/c1-99(2,3)73-29-49-83(50-30-73)107(84-51-31-74(32-52-84)100(4,5)6)81-45-25-71(26-46-81)97-93-67-65-92(110(89-61-41-79(42-62-89)105(19,20)21)90-63-43-80(44-64-90)106(22,23)24)70-96(93)98(72-27-47-82(48-28-72)108(85-53-33-75(34-54-85)101(7,8)9)86-55-35-76(36-56-86)102(10,11)12)94-68-66-91(69-95(94)97)109(87-57-37-77(38-58-87)103(13,14)15)88-59-39-78(40-60-88)104(16,17)18/h25-70H,1-24H3. The second-order valence-electron chi connectivity index (χ2n) is 39.0. The third-order valence-corrected chi connectivity index (χ3v) is 22.4. The number of nitrogens with zero attached hydrogens (tertiary/aromatic N) is 4. The molecule has 13 rings (SSSR count). The molecule has 0 atom stereocenters. The highest BCUT2D eigenvalue weighted by Crippen LogP contribution is 2.51. The van der Waals surface area contributed by atoms with Crippen LogP contribution < -0.4 is 19.6 Å². The summed E-state index contributed by atoms with van der Waals surface area (Å²) in [5.74, 6) is 0. The second kappa shape index (κ2) is 29.1. The van der Waals surface area contributed by atoms with Crippen molar-refractivity contribution in [3.63, 3.8) is 0 Å². The lowest BCUT2D eigenvalue weighted by Gasteiger charge is -2.30. The maximum atomic E-state index is 2.49. The summed E-state index contributed by atoms with van der Waals surface area (Å²) in [6, 6.07) is 107. The van der Waals surface area contributed by atoms with Gasteiger partial charge in [-0.1, -0.05) is 300 Å². The molecule has 0 unspecified atom stereocenters. The lowest BCUT2D eigenvalue weighted by atomic mass is 9.85. The van der Waals surface area contributed by atoms with Crippen LogP contribution in [-0.2, 0) is 43.3 Å². The molecule has 13 aromatic carbocycles. The lowest BCUT2D eigenvalue weighted by Crippen LogP contribution is -2.14. The SMILES string of the molecule is CC(C)(C)c1ccc(N(c2ccc(-c3c4ccc(N(c5ccc(C(C)(C)C)cc5)c5ccc(C(C)(C)C)cc5)cc4c(-c4ccc(N(c5ccc(C(C)(C)C)cc5)c5ccc(C(C)(C)C)cc5)cc4)c4ccc(N(c5ccc(C(C)(C)C)cc5)c5ccc(C(C)(C)C)cc5)cc34)cc2)c2ccc(C(C)(C)C)cc2)cc1. The first-order valence-corrected chi connectivity index (χ1v) is 39.9. The van der Waals surface area contributed by atoms with Crippen LogP contribution in [0, 0.1) is 0 Å². The molecule has 0 bridgehead atoms. The van der Waals surface area contributed by atoms with Gasteiger partial charge in [0.05, 0.1) is 0 Å². The van der Waals surface area contributed by atoms with Gasteiger partial charge in [-0.05, 0) is 277 Å². The van der Waals surface area contributed by atoms with Gasteiger partial charge in [-0.25, -0.2) is 0 Å². The van der Waals surface area contributed by atoms with Gasteiger partial charge in [0.2, 0.25) is 0 Å². The summed E-state index contributed by atoms with van der Waals surface area (Å²) >= 11 is 0. The predicted molar refractivity (Wildman–Crippen MR) is 481 cm³/mol. The molecule has 0 aliphatic rings. The van der Waals surface area contributed by atoms with Crippen molar-refractivity contribution in [1.29, 1.82) is 0 Å². The molecule has 0 saturated carbocycles. The molecule has 13 aromatic rings. The van der Waals surface area contributed by atoms with Gasteiger partial charge >= 0.3 is 0 Å². The van der Waals surface area contributed by atoms with E-state index in [1.807, 2.05) is 0 Å². The zero-order chi connectivity index (χ0) is 79.0. The van der Waals surface area contributed by atoms with Crippen molar-refractivity contribution in [2.75, 3.05) is 19.6 Å². The molecule has 0 N–H and O–H groups in total. The summed E-state index contributed by atoms with van der Waals surface area (Å²) in [7, 11) is 0. The second-order valence-corrected chi connectivity index (χ2v) is 39.0. The van der Waals surface area contributed by atoms with Gasteiger partial charge < -0.3 is 19.6 Å². The Hall–Kier alpha value is -10.4. The average molecular weight is 1450 g/mol. The van der Waals surface area contributed by atoms with E-state index in [4.69, 9.17) is 0 Å². The molecule has 4 heteroatoms. The highest BCUT2D eigenvalue weighted by atomic mass is 15.2. The minimum absolute atomic E-state index is 0.00296. The van der Waals surface area contributed by atoms with Gasteiger partial charge in [-0.15, -0.1) is 0 Å². The maximum absolute atomic E-state index is 2.49. The Kier molecular flexibility index (Phi) is 20.6. The van der Waals surface area contributed by atoms with Gasteiger partial charge in [-0.3, -0.25) is 0 Å². The average Bonchev–Trinajstić information content (AvgIpc) is 0.720. The van der Waals surface area contributed by atoms with Crippen LogP contribution in [0.5, 0.6) is 0 Å². The Morgan fingerprint density at radius 3 is 0.409 bits per heavy atom. The monoisotopic (exact) mass is 1450 g/mol. The van der Waals surface area contributed by atoms with E-state index in [2.05, 4.69) is 465 Å². The zero-order valence-electron chi connectivity index (χ0n) is 70.3. The van der Waals surface area contributed by atoms with Crippen molar-refractivity contribution >= 4 is 89.8 Å². The molecule has 0 saturated heterocycles. The first kappa shape index (κ1) is 77.7. The van der Waals surface area contributed by atoms with Crippen LogP contribution >= 0.6 is 0 Å². The van der Waals surface area contributed by atoms with E-state index in [0.29, 0.717) is 0 Å². The number of fused-ring (bicyclic) bond motifs is 2. The van der Waals surface area contributed by atoms with Crippen LogP contribution in [-0.4, -0.2) is 0 Å². The molecule has 562 valence electrons. The quantitative estimate of drug-likeness (QED) is 0.101. The molecule has 0 aromatic heterocycles. The Balaban J connectivity index is 1.11. The molecule has 0 aliphatic heterocycles. The van der Waals surface area contributed by atoms with E-state index in [1.54, 1.807) is 0 Å². The Labute approximate surface area is 660 Å². The van der Waals surface area contributed by atoms with E-state index >= 15 is 0 Å². The Bertz CT molecular complexity index is 4800. The maximum Gasteiger partial charge on any atom is 0.0468 e. The van der Waals surface area contributed by atoms with Crippen LogP contribution in [0.25, 0.3) is 43.8 Å². The van der Waals surface area contributed by atoms with Gasteiger partial charge in [0.25, 0.3) is 0 Å². The molecule has 0 aliphatic carbocycles. The molecule has 4 nitrogen and oxygen atoms in total. The molecule has 110 heavy (non-hydrogen) atoms. The van der Waals surface area contributed by atoms with E-state index in [1.165, 1.54) is 44.5 Å². The van der Waals surface area contributed by atoms with E-state index < -0.39 is 0 Å².